The maximum Gasteiger partial charge on any atom is 0.369 e. The second kappa shape index (κ2) is 5.66. The molecule has 2 N–H and O–H groups in total. The average Bonchev–Trinajstić information content (AvgIpc) is 2.39. The fourth-order valence-corrected chi connectivity index (χ4v) is 2.21. The number of carbonyl (C=O) groups is 1. The van der Waals surface area contributed by atoms with E-state index in [4.69, 9.17) is 9.84 Å². The molecule has 0 spiro atoms. The quantitative estimate of drug-likeness (QED) is 0.827. The third-order valence-electron chi connectivity index (χ3n) is 2.46. The van der Waals surface area contributed by atoms with Crippen LogP contribution in [0, 0.1) is 0 Å². The van der Waals surface area contributed by atoms with Gasteiger partial charge < -0.3 is 14.8 Å². The second-order valence-corrected chi connectivity index (χ2v) is 4.65. The van der Waals surface area contributed by atoms with Crippen molar-refractivity contribution >= 4 is 17.1 Å². The summed E-state index contributed by atoms with van der Waals surface area (Å²) in [7, 11) is 1.43. The van der Waals surface area contributed by atoms with Gasteiger partial charge in [-0.2, -0.15) is 0 Å². The van der Waals surface area contributed by atoms with E-state index in [0.717, 1.165) is 4.57 Å². The first-order valence-corrected chi connectivity index (χ1v) is 6.24. The van der Waals surface area contributed by atoms with Crippen LogP contribution in [0.3, 0.4) is 0 Å². The maximum absolute atomic E-state index is 11.8. The summed E-state index contributed by atoms with van der Waals surface area (Å²) in [5.41, 5.74) is -1.06. The Morgan fingerprint density at radius 2 is 2.10 bits per heavy atom. The highest BCUT2D eigenvalue weighted by molar-refractivity contribution is 8.13. The molecule has 8 heteroatoms. The minimum atomic E-state index is -1.14. The molecule has 1 aromatic heterocycles. The molecule has 2 rings (SSSR count). The van der Waals surface area contributed by atoms with Crippen LogP contribution in [0.5, 0.6) is 5.75 Å². The van der Waals surface area contributed by atoms with Crippen molar-refractivity contribution in [3.05, 3.63) is 51.3 Å². The predicted molar refractivity (Wildman–Crippen MR) is 73.1 cm³/mol. The first-order chi connectivity index (χ1) is 9.52. The Morgan fingerprint density at radius 3 is 2.70 bits per heavy atom. The topological polar surface area (TPSA) is 101 Å². The molecule has 0 bridgehead atoms. The predicted octanol–water partition coefficient (Wildman–Crippen LogP) is 1.30. The Kier molecular flexibility index (Phi) is 3.94. The van der Waals surface area contributed by atoms with Crippen LogP contribution >= 0.6 is 11.8 Å². The van der Waals surface area contributed by atoms with Gasteiger partial charge in [-0.1, -0.05) is 0 Å². The molecule has 20 heavy (non-hydrogen) atoms. The SMILES string of the molecule is COc1ccc(SC(=O)O)c(-n2c(=O)cc[nH]c2=O)c1. The monoisotopic (exact) mass is 294 g/mol. The number of thioether (sulfide) groups is 1. The van der Waals surface area contributed by atoms with Gasteiger partial charge in [0.15, 0.2) is 0 Å². The summed E-state index contributed by atoms with van der Waals surface area (Å²) < 4.78 is 5.89. The maximum atomic E-state index is 11.8. The lowest BCUT2D eigenvalue weighted by Gasteiger charge is -2.10. The summed E-state index contributed by atoms with van der Waals surface area (Å²) in [4.78, 5) is 37.1. The number of hydrogen-bond donors (Lipinski definition) is 2. The number of hydrogen-bond acceptors (Lipinski definition) is 5. The number of nitrogens with one attached hydrogen (secondary N) is 1. The van der Waals surface area contributed by atoms with Crippen molar-refractivity contribution < 1.29 is 14.6 Å². The number of aromatic amines is 1. The number of nitrogens with zero attached hydrogens (tertiary/aromatic N) is 1. The Hall–Kier alpha value is -2.48. The number of aromatic nitrogens is 2. The van der Waals surface area contributed by atoms with Gasteiger partial charge in [-0.05, 0) is 23.9 Å². The first kappa shape index (κ1) is 13.9. The molecule has 0 saturated carbocycles. The fourth-order valence-electron chi connectivity index (χ4n) is 1.63. The summed E-state index contributed by atoms with van der Waals surface area (Å²) in [6, 6.07) is 5.64. The minimum Gasteiger partial charge on any atom is -0.497 e. The van der Waals surface area contributed by atoms with Crippen LogP contribution < -0.4 is 16.0 Å². The van der Waals surface area contributed by atoms with Gasteiger partial charge >= 0.3 is 11.0 Å². The van der Waals surface area contributed by atoms with Crippen molar-refractivity contribution in [2.75, 3.05) is 7.11 Å². The third kappa shape index (κ3) is 2.75. The average molecular weight is 294 g/mol. The Labute approximate surface area is 116 Å². The van der Waals surface area contributed by atoms with Gasteiger partial charge in [0.1, 0.15) is 5.75 Å². The molecule has 0 fully saturated rings. The van der Waals surface area contributed by atoms with Crippen LogP contribution in [0.1, 0.15) is 0 Å². The number of carboxylic acid groups (broad SMARTS) is 1. The molecule has 0 aliphatic heterocycles. The molecular formula is C12H10N2O5S. The van der Waals surface area contributed by atoms with Gasteiger partial charge in [0.2, 0.25) is 0 Å². The minimum absolute atomic E-state index is 0.156. The van der Waals surface area contributed by atoms with Crippen LogP contribution in [0.15, 0.2) is 44.9 Å². The smallest absolute Gasteiger partial charge is 0.369 e. The largest absolute Gasteiger partial charge is 0.497 e. The van der Waals surface area contributed by atoms with E-state index >= 15 is 0 Å². The van der Waals surface area contributed by atoms with Crippen molar-refractivity contribution in [3.8, 4) is 11.4 Å². The van der Waals surface area contributed by atoms with Crippen LogP contribution in [0.2, 0.25) is 0 Å². The lowest BCUT2D eigenvalue weighted by Crippen LogP contribution is -2.32. The Bertz CT molecular complexity index is 737. The Balaban J connectivity index is 2.73. The molecule has 0 amide bonds. The highest BCUT2D eigenvalue weighted by atomic mass is 32.2. The van der Waals surface area contributed by atoms with Crippen LogP contribution in [0.25, 0.3) is 5.69 Å². The fraction of sp³-hybridized carbons (Fsp3) is 0.0833. The van der Waals surface area contributed by atoms with Crippen LogP contribution in [-0.2, 0) is 0 Å². The summed E-state index contributed by atoms with van der Waals surface area (Å²) in [6.07, 6.45) is 1.23. The van der Waals surface area contributed by atoms with Gasteiger partial charge in [-0.15, -0.1) is 0 Å². The zero-order chi connectivity index (χ0) is 14.7. The molecule has 7 nitrogen and oxygen atoms in total. The number of ether oxygens (including phenoxy) is 1. The normalized spacial score (nSPS) is 10.2. The highest BCUT2D eigenvalue weighted by Crippen LogP contribution is 2.28. The van der Waals surface area contributed by atoms with E-state index in [-0.39, 0.29) is 10.6 Å². The molecule has 104 valence electrons. The molecule has 0 saturated heterocycles. The summed E-state index contributed by atoms with van der Waals surface area (Å²) in [5.74, 6) is 0.407. The molecule has 0 aliphatic rings. The van der Waals surface area contributed by atoms with Gasteiger partial charge in [0.25, 0.3) is 5.56 Å². The Morgan fingerprint density at radius 1 is 1.35 bits per heavy atom. The van der Waals surface area contributed by atoms with Gasteiger partial charge in [0, 0.05) is 23.2 Å². The molecule has 1 aromatic carbocycles. The van der Waals surface area contributed by atoms with E-state index in [1.807, 2.05) is 0 Å². The van der Waals surface area contributed by atoms with E-state index in [9.17, 15) is 14.4 Å². The molecule has 0 atom stereocenters. The van der Waals surface area contributed by atoms with Gasteiger partial charge in [-0.3, -0.25) is 4.79 Å². The molecule has 0 radical (unpaired) electrons. The highest BCUT2D eigenvalue weighted by Gasteiger charge is 2.14. The zero-order valence-corrected chi connectivity index (χ0v) is 11.1. The molecule has 0 unspecified atom stereocenters. The summed E-state index contributed by atoms with van der Waals surface area (Å²) in [6.45, 7) is 0. The summed E-state index contributed by atoms with van der Waals surface area (Å²) >= 11 is 0.505. The van der Waals surface area contributed by atoms with Crippen LogP contribution in [-0.4, -0.2) is 27.1 Å². The number of methoxy groups -OCH3 is 1. The van der Waals surface area contributed by atoms with Crippen molar-refractivity contribution in [2.45, 2.75) is 4.90 Å². The van der Waals surface area contributed by atoms with E-state index < -0.39 is 16.6 Å². The standard InChI is InChI=1S/C12H10N2O5S/c1-19-7-2-3-9(20-12(17)18)8(6-7)14-10(15)4-5-13-11(14)16/h2-6H,1H3,(H,13,16)(H,17,18). The van der Waals surface area contributed by atoms with Crippen molar-refractivity contribution in [1.82, 2.24) is 9.55 Å². The molecule has 0 aliphatic carbocycles. The zero-order valence-electron chi connectivity index (χ0n) is 10.3. The number of benzene rings is 1. The lowest BCUT2D eigenvalue weighted by molar-refractivity contribution is 0.222. The van der Waals surface area contributed by atoms with Crippen molar-refractivity contribution in [1.29, 1.82) is 0 Å². The number of H-pyrrole nitrogens is 1. The van der Waals surface area contributed by atoms with Crippen molar-refractivity contribution in [3.63, 3.8) is 0 Å². The summed E-state index contributed by atoms with van der Waals surface area (Å²) in [5, 5.41) is 7.72. The molecule has 1 heterocycles. The van der Waals surface area contributed by atoms with E-state index in [1.165, 1.54) is 31.5 Å². The van der Waals surface area contributed by atoms with E-state index in [1.54, 1.807) is 6.07 Å². The molecule has 2 aromatic rings. The molecular weight excluding hydrogens is 284 g/mol. The van der Waals surface area contributed by atoms with Crippen molar-refractivity contribution in [2.24, 2.45) is 0 Å². The van der Waals surface area contributed by atoms with Gasteiger partial charge in [-0.25, -0.2) is 14.2 Å². The van der Waals surface area contributed by atoms with Gasteiger partial charge in [0.05, 0.1) is 12.8 Å². The first-order valence-electron chi connectivity index (χ1n) is 5.43. The lowest BCUT2D eigenvalue weighted by atomic mass is 10.3. The van der Waals surface area contributed by atoms with E-state index in [0.29, 0.717) is 17.5 Å². The van der Waals surface area contributed by atoms with Crippen LogP contribution in [0.4, 0.5) is 4.79 Å². The third-order valence-corrected chi connectivity index (χ3v) is 3.20. The second-order valence-electron chi connectivity index (χ2n) is 3.66. The number of rotatable bonds is 3. The van der Waals surface area contributed by atoms with E-state index in [2.05, 4.69) is 4.98 Å².